The molecule has 1 amide bonds. The van der Waals surface area contributed by atoms with Crippen molar-refractivity contribution in [1.82, 2.24) is 5.32 Å². The van der Waals surface area contributed by atoms with E-state index in [1.807, 2.05) is 30.3 Å². The minimum atomic E-state index is -0.0104. The van der Waals surface area contributed by atoms with Crippen LogP contribution < -0.4 is 10.6 Å². The van der Waals surface area contributed by atoms with Crippen LogP contribution in [-0.2, 0) is 16.8 Å². The van der Waals surface area contributed by atoms with Gasteiger partial charge in [-0.25, -0.2) is 0 Å². The van der Waals surface area contributed by atoms with Crippen LogP contribution >= 0.6 is 0 Å². The van der Waals surface area contributed by atoms with Crippen LogP contribution in [0.25, 0.3) is 0 Å². The molecule has 0 aliphatic heterocycles. The molecule has 0 fully saturated rings. The average molecular weight is 296 g/mol. The summed E-state index contributed by atoms with van der Waals surface area (Å²) < 4.78 is 0. The molecule has 0 unspecified atom stereocenters. The molecule has 2 N–H and O–H groups in total. The third kappa shape index (κ3) is 4.92. The van der Waals surface area contributed by atoms with Crippen molar-refractivity contribution in [2.45, 2.75) is 32.7 Å². The fourth-order valence-electron chi connectivity index (χ4n) is 2.12. The third-order valence-electron chi connectivity index (χ3n) is 3.54. The molecule has 2 rings (SSSR count). The molecular weight excluding hydrogens is 272 g/mol. The normalized spacial score (nSPS) is 11.0. The number of carbonyl (C=O) groups excluding carboxylic acids is 1. The Morgan fingerprint density at radius 2 is 1.59 bits per heavy atom. The van der Waals surface area contributed by atoms with Crippen LogP contribution in [0.5, 0.6) is 0 Å². The third-order valence-corrected chi connectivity index (χ3v) is 3.54. The van der Waals surface area contributed by atoms with Crippen molar-refractivity contribution in [3.8, 4) is 0 Å². The molecule has 0 bridgehead atoms. The van der Waals surface area contributed by atoms with Crippen molar-refractivity contribution in [1.29, 1.82) is 0 Å². The smallest absolute Gasteiger partial charge is 0.239 e. The average Bonchev–Trinajstić information content (AvgIpc) is 2.51. The van der Waals surface area contributed by atoms with Crippen molar-refractivity contribution < 1.29 is 4.79 Å². The van der Waals surface area contributed by atoms with Gasteiger partial charge in [0, 0.05) is 12.2 Å². The predicted octanol–water partition coefficient (Wildman–Crippen LogP) is 3.71. The summed E-state index contributed by atoms with van der Waals surface area (Å²) in [6.07, 6.45) is 0. The fourth-order valence-corrected chi connectivity index (χ4v) is 2.12. The summed E-state index contributed by atoms with van der Waals surface area (Å²) in [7, 11) is 0. The van der Waals surface area contributed by atoms with Crippen LogP contribution in [0, 0.1) is 0 Å². The second kappa shape index (κ2) is 7.12. The monoisotopic (exact) mass is 296 g/mol. The zero-order valence-corrected chi connectivity index (χ0v) is 13.5. The van der Waals surface area contributed by atoms with E-state index in [0.29, 0.717) is 6.54 Å². The highest BCUT2D eigenvalue weighted by molar-refractivity contribution is 5.80. The Hall–Kier alpha value is -2.29. The summed E-state index contributed by atoms with van der Waals surface area (Å²) in [5, 5.41) is 6.02. The Morgan fingerprint density at radius 1 is 0.955 bits per heavy atom. The van der Waals surface area contributed by atoms with Crippen LogP contribution in [0.15, 0.2) is 54.6 Å². The summed E-state index contributed by atoms with van der Waals surface area (Å²) in [4.78, 5) is 11.8. The maximum absolute atomic E-state index is 11.8. The molecule has 0 saturated carbocycles. The number of carbonyl (C=O) groups is 1. The van der Waals surface area contributed by atoms with Gasteiger partial charge in [-0.1, -0.05) is 63.2 Å². The van der Waals surface area contributed by atoms with Crippen molar-refractivity contribution in [2.75, 3.05) is 11.9 Å². The summed E-state index contributed by atoms with van der Waals surface area (Å²) in [6.45, 7) is 7.42. The van der Waals surface area contributed by atoms with Gasteiger partial charge in [0.2, 0.25) is 5.91 Å². The van der Waals surface area contributed by atoms with Crippen molar-refractivity contribution in [2.24, 2.45) is 0 Å². The standard InChI is InChI=1S/C19H24N2O/c1-19(2,3)16-11-9-15(10-12-16)13-21-18(22)14-20-17-7-5-4-6-8-17/h4-12,20H,13-14H2,1-3H3,(H,21,22). The number of nitrogens with one attached hydrogen (secondary N) is 2. The van der Waals surface area contributed by atoms with Gasteiger partial charge in [-0.3, -0.25) is 4.79 Å². The SMILES string of the molecule is CC(C)(C)c1ccc(CNC(=O)CNc2ccccc2)cc1. The van der Waals surface area contributed by atoms with Crippen LogP contribution in [-0.4, -0.2) is 12.5 Å². The molecule has 0 heterocycles. The van der Waals surface area contributed by atoms with Crippen LogP contribution in [0.4, 0.5) is 5.69 Å². The topological polar surface area (TPSA) is 41.1 Å². The number of rotatable bonds is 5. The van der Waals surface area contributed by atoms with Crippen molar-refractivity contribution >= 4 is 11.6 Å². The Balaban J connectivity index is 1.79. The lowest BCUT2D eigenvalue weighted by molar-refractivity contribution is -0.119. The van der Waals surface area contributed by atoms with Crippen LogP contribution in [0.3, 0.4) is 0 Å². The molecule has 116 valence electrons. The molecule has 0 radical (unpaired) electrons. The summed E-state index contributed by atoms with van der Waals surface area (Å²) in [5.41, 5.74) is 3.52. The zero-order valence-electron chi connectivity index (χ0n) is 13.5. The Morgan fingerprint density at radius 3 is 2.18 bits per heavy atom. The van der Waals surface area contributed by atoms with E-state index in [0.717, 1.165) is 11.3 Å². The number of hydrogen-bond acceptors (Lipinski definition) is 2. The molecule has 0 aromatic heterocycles. The summed E-state index contributed by atoms with van der Waals surface area (Å²) in [5.74, 6) is -0.0104. The molecule has 0 aliphatic carbocycles. The molecule has 0 atom stereocenters. The number of hydrogen-bond donors (Lipinski definition) is 2. The zero-order chi connectivity index (χ0) is 16.0. The van der Waals surface area contributed by atoms with Crippen molar-refractivity contribution in [3.05, 3.63) is 65.7 Å². The second-order valence-corrected chi connectivity index (χ2v) is 6.44. The van der Waals surface area contributed by atoms with E-state index in [1.54, 1.807) is 0 Å². The highest BCUT2D eigenvalue weighted by Crippen LogP contribution is 2.22. The van der Waals surface area contributed by atoms with E-state index in [2.05, 4.69) is 55.7 Å². The first-order chi connectivity index (χ1) is 10.4. The molecule has 0 aliphatic rings. The largest absolute Gasteiger partial charge is 0.376 e. The van der Waals surface area contributed by atoms with Crippen molar-refractivity contribution in [3.63, 3.8) is 0 Å². The van der Waals surface area contributed by atoms with E-state index >= 15 is 0 Å². The van der Waals surface area contributed by atoms with E-state index in [9.17, 15) is 4.79 Å². The number of amides is 1. The van der Waals surface area contributed by atoms with Gasteiger partial charge < -0.3 is 10.6 Å². The maximum Gasteiger partial charge on any atom is 0.239 e. The number of benzene rings is 2. The Kier molecular flexibility index (Phi) is 5.21. The lowest BCUT2D eigenvalue weighted by Gasteiger charge is -2.19. The minimum Gasteiger partial charge on any atom is -0.376 e. The molecule has 22 heavy (non-hydrogen) atoms. The van der Waals surface area contributed by atoms with Gasteiger partial charge in [0.25, 0.3) is 0 Å². The molecule has 3 heteroatoms. The first-order valence-electron chi connectivity index (χ1n) is 7.60. The number of para-hydroxylation sites is 1. The molecule has 3 nitrogen and oxygen atoms in total. The van der Waals surface area contributed by atoms with Gasteiger partial charge >= 0.3 is 0 Å². The minimum absolute atomic E-state index is 0.0104. The second-order valence-electron chi connectivity index (χ2n) is 6.44. The van der Waals surface area contributed by atoms with Crippen LogP contribution in [0.2, 0.25) is 0 Å². The Bertz CT molecular complexity index is 598. The highest BCUT2D eigenvalue weighted by atomic mass is 16.1. The first kappa shape index (κ1) is 16.1. The molecular formula is C19H24N2O. The predicted molar refractivity (Wildman–Crippen MR) is 91.9 cm³/mol. The van der Waals surface area contributed by atoms with Gasteiger partial charge in [-0.2, -0.15) is 0 Å². The van der Waals surface area contributed by atoms with Gasteiger partial charge in [-0.05, 0) is 28.7 Å². The van der Waals surface area contributed by atoms with E-state index in [4.69, 9.17) is 0 Å². The molecule has 2 aromatic carbocycles. The van der Waals surface area contributed by atoms with E-state index in [-0.39, 0.29) is 17.9 Å². The molecule has 0 spiro atoms. The van der Waals surface area contributed by atoms with Gasteiger partial charge in [0.05, 0.1) is 6.54 Å². The quantitative estimate of drug-likeness (QED) is 0.883. The van der Waals surface area contributed by atoms with E-state index < -0.39 is 0 Å². The van der Waals surface area contributed by atoms with Gasteiger partial charge in [0.15, 0.2) is 0 Å². The molecule has 2 aromatic rings. The molecule has 0 saturated heterocycles. The lowest BCUT2D eigenvalue weighted by Crippen LogP contribution is -2.29. The summed E-state index contributed by atoms with van der Waals surface area (Å²) in [6, 6.07) is 18.1. The Labute approximate surface area is 132 Å². The van der Waals surface area contributed by atoms with Gasteiger partial charge in [-0.15, -0.1) is 0 Å². The van der Waals surface area contributed by atoms with Gasteiger partial charge in [0.1, 0.15) is 0 Å². The maximum atomic E-state index is 11.8. The first-order valence-corrected chi connectivity index (χ1v) is 7.60. The highest BCUT2D eigenvalue weighted by Gasteiger charge is 2.12. The van der Waals surface area contributed by atoms with Crippen LogP contribution in [0.1, 0.15) is 31.9 Å². The number of anilines is 1. The lowest BCUT2D eigenvalue weighted by atomic mass is 9.87. The van der Waals surface area contributed by atoms with E-state index in [1.165, 1.54) is 5.56 Å². The fraction of sp³-hybridized carbons (Fsp3) is 0.316. The summed E-state index contributed by atoms with van der Waals surface area (Å²) >= 11 is 0.